The molecule has 5 aromatic rings. The van der Waals surface area contributed by atoms with E-state index in [4.69, 9.17) is 5.73 Å². The summed E-state index contributed by atoms with van der Waals surface area (Å²) in [6.45, 7) is 2.04. The number of nitrogens with one attached hydrogen (secondary N) is 1. The lowest BCUT2D eigenvalue weighted by Crippen LogP contribution is -2.30. The van der Waals surface area contributed by atoms with Crippen LogP contribution < -0.4 is 5.73 Å². The largest absolute Gasteiger partial charge is 0.417 e. The minimum absolute atomic E-state index is 0.0131. The van der Waals surface area contributed by atoms with Crippen LogP contribution in [0.5, 0.6) is 0 Å². The highest BCUT2D eigenvalue weighted by Gasteiger charge is 2.30. The molecule has 4 aromatic heterocycles. The number of anilines is 1. The molecule has 0 aliphatic heterocycles. The topological polar surface area (TPSA) is 101 Å². The molecule has 10 heteroatoms. The number of nitrogens with two attached hydrogens (primary N) is 1. The maximum Gasteiger partial charge on any atom is 0.417 e. The molecule has 3 N–H and O–H groups in total. The summed E-state index contributed by atoms with van der Waals surface area (Å²) in [6, 6.07) is 13.0. The molecule has 0 saturated heterocycles. The molecule has 4 heterocycles. The summed E-state index contributed by atoms with van der Waals surface area (Å²) in [7, 11) is 0. The first-order valence-corrected chi connectivity index (χ1v) is 11.1. The van der Waals surface area contributed by atoms with E-state index >= 15 is 0 Å². The van der Waals surface area contributed by atoms with Crippen molar-refractivity contribution in [1.82, 2.24) is 24.8 Å². The summed E-state index contributed by atoms with van der Waals surface area (Å²) in [6.07, 6.45) is -0.274. The molecule has 1 amide bonds. The highest BCUT2D eigenvalue weighted by molar-refractivity contribution is 5.98. The van der Waals surface area contributed by atoms with Crippen molar-refractivity contribution in [1.29, 1.82) is 0 Å². The molecule has 0 radical (unpaired) electrons. The number of benzene rings is 1. The van der Waals surface area contributed by atoms with Gasteiger partial charge >= 0.3 is 6.18 Å². The third-order valence-electron chi connectivity index (χ3n) is 5.91. The number of nitrogens with zero attached hydrogens (tertiary/aromatic N) is 4. The molecule has 0 aliphatic carbocycles. The summed E-state index contributed by atoms with van der Waals surface area (Å²) in [4.78, 5) is 30.9. The molecular weight excluding hydrogens is 469 g/mol. The SMILES string of the molecule is Cc1cc2cc(C(=O)N(Cc3cnc4[nH]ccc4c3)Cc3ccc(C(F)(F)F)cn3)ccc2nc1N. The van der Waals surface area contributed by atoms with Crippen LogP contribution in [0.1, 0.15) is 32.7 Å². The molecule has 0 spiro atoms. The molecule has 5 rings (SSSR count). The van der Waals surface area contributed by atoms with E-state index < -0.39 is 11.7 Å². The molecule has 7 nitrogen and oxygen atoms in total. The third kappa shape index (κ3) is 4.70. The fourth-order valence-electron chi connectivity index (χ4n) is 3.99. The number of alkyl halides is 3. The molecule has 182 valence electrons. The van der Waals surface area contributed by atoms with Crippen molar-refractivity contribution in [2.24, 2.45) is 0 Å². The number of nitrogen functional groups attached to an aromatic ring is 1. The highest BCUT2D eigenvalue weighted by Crippen LogP contribution is 2.29. The average Bonchev–Trinajstić information content (AvgIpc) is 3.31. The van der Waals surface area contributed by atoms with Gasteiger partial charge in [-0.05, 0) is 66.6 Å². The van der Waals surface area contributed by atoms with E-state index in [2.05, 4.69) is 19.9 Å². The normalized spacial score (nSPS) is 11.8. The van der Waals surface area contributed by atoms with Gasteiger partial charge in [0.25, 0.3) is 5.91 Å². The van der Waals surface area contributed by atoms with E-state index in [9.17, 15) is 18.0 Å². The van der Waals surface area contributed by atoms with Crippen LogP contribution in [-0.4, -0.2) is 30.7 Å². The number of pyridine rings is 3. The van der Waals surface area contributed by atoms with E-state index in [1.807, 2.05) is 25.1 Å². The number of carbonyl (C=O) groups excluding carboxylic acids is 1. The Hall–Kier alpha value is -4.47. The van der Waals surface area contributed by atoms with E-state index in [0.717, 1.165) is 39.8 Å². The third-order valence-corrected chi connectivity index (χ3v) is 5.91. The van der Waals surface area contributed by atoms with Gasteiger partial charge in [-0.3, -0.25) is 9.78 Å². The summed E-state index contributed by atoms with van der Waals surface area (Å²) >= 11 is 0. The summed E-state index contributed by atoms with van der Waals surface area (Å²) in [5.41, 5.74) is 8.75. The highest BCUT2D eigenvalue weighted by atomic mass is 19.4. The van der Waals surface area contributed by atoms with Gasteiger partial charge in [-0.1, -0.05) is 0 Å². The maximum atomic E-state index is 13.6. The molecule has 1 aromatic carbocycles. The first kappa shape index (κ1) is 23.3. The predicted molar refractivity (Wildman–Crippen MR) is 130 cm³/mol. The first-order chi connectivity index (χ1) is 17.2. The average molecular weight is 490 g/mol. The van der Waals surface area contributed by atoms with Gasteiger partial charge in [0.05, 0.1) is 23.3 Å². The number of aryl methyl sites for hydroxylation is 1. The van der Waals surface area contributed by atoms with E-state index in [1.54, 1.807) is 30.6 Å². The Morgan fingerprint density at radius 1 is 1.00 bits per heavy atom. The lowest BCUT2D eigenvalue weighted by Gasteiger charge is -2.23. The smallest absolute Gasteiger partial charge is 0.383 e. The number of H-pyrrole nitrogens is 1. The Balaban J connectivity index is 1.49. The number of hydrogen-bond donors (Lipinski definition) is 2. The number of carbonyl (C=O) groups is 1. The van der Waals surface area contributed by atoms with Crippen LogP contribution >= 0.6 is 0 Å². The van der Waals surface area contributed by atoms with Crippen molar-refractivity contribution >= 4 is 33.7 Å². The molecule has 0 atom stereocenters. The van der Waals surface area contributed by atoms with Crippen LogP contribution in [0, 0.1) is 6.92 Å². The van der Waals surface area contributed by atoms with E-state index in [1.165, 1.54) is 11.0 Å². The lowest BCUT2D eigenvalue weighted by molar-refractivity contribution is -0.137. The standard InChI is InChI=1S/C26H21F3N6O/c1-15-8-19-10-18(2-5-22(19)34-23(15)30)25(36)35(13-16-9-17-6-7-31-24(17)33-11-16)14-21-4-3-20(12-32-21)26(27,28)29/h2-12H,13-14H2,1H3,(H2,30,34)(H,31,33). The van der Waals surface area contributed by atoms with Gasteiger partial charge < -0.3 is 15.6 Å². The molecule has 0 aliphatic rings. The number of fused-ring (bicyclic) bond motifs is 2. The van der Waals surface area contributed by atoms with Crippen LogP contribution in [0.15, 0.2) is 67.1 Å². The molecule has 36 heavy (non-hydrogen) atoms. The van der Waals surface area contributed by atoms with E-state index in [0.29, 0.717) is 22.6 Å². The number of rotatable bonds is 5. The molecule has 0 fully saturated rings. The minimum Gasteiger partial charge on any atom is -0.383 e. The van der Waals surface area contributed by atoms with Gasteiger partial charge in [-0.15, -0.1) is 0 Å². The van der Waals surface area contributed by atoms with Crippen LogP contribution in [0.4, 0.5) is 19.0 Å². The van der Waals surface area contributed by atoms with Crippen LogP contribution in [0.25, 0.3) is 21.9 Å². The Kier molecular flexibility index (Phi) is 5.79. The molecule has 0 bridgehead atoms. The zero-order valence-corrected chi connectivity index (χ0v) is 19.2. The van der Waals surface area contributed by atoms with Crippen LogP contribution in [0.3, 0.4) is 0 Å². The Bertz CT molecular complexity index is 1580. The second-order valence-corrected chi connectivity index (χ2v) is 8.55. The quantitative estimate of drug-likeness (QED) is 0.350. The Morgan fingerprint density at radius 2 is 1.83 bits per heavy atom. The number of amides is 1. The zero-order valence-electron chi connectivity index (χ0n) is 19.2. The predicted octanol–water partition coefficient (Wildman–Crippen LogP) is 5.26. The Morgan fingerprint density at radius 3 is 2.58 bits per heavy atom. The monoisotopic (exact) mass is 490 g/mol. The lowest BCUT2D eigenvalue weighted by atomic mass is 10.1. The van der Waals surface area contributed by atoms with Crippen molar-refractivity contribution in [3.8, 4) is 0 Å². The minimum atomic E-state index is -4.49. The maximum absolute atomic E-state index is 13.6. The van der Waals surface area contributed by atoms with Crippen molar-refractivity contribution in [3.63, 3.8) is 0 Å². The van der Waals surface area contributed by atoms with E-state index in [-0.39, 0.29) is 19.0 Å². The fraction of sp³-hybridized carbons (Fsp3) is 0.154. The summed E-state index contributed by atoms with van der Waals surface area (Å²) in [5.74, 6) is 0.117. The zero-order chi connectivity index (χ0) is 25.4. The summed E-state index contributed by atoms with van der Waals surface area (Å²) < 4.78 is 38.9. The van der Waals surface area contributed by atoms with Crippen molar-refractivity contribution in [3.05, 3.63) is 95.1 Å². The first-order valence-electron chi connectivity index (χ1n) is 11.1. The molecular formula is C26H21F3N6O. The second-order valence-electron chi connectivity index (χ2n) is 8.55. The number of aromatic nitrogens is 4. The van der Waals surface area contributed by atoms with Gasteiger partial charge in [0.2, 0.25) is 0 Å². The second kappa shape index (κ2) is 8.95. The molecule has 0 unspecified atom stereocenters. The summed E-state index contributed by atoms with van der Waals surface area (Å²) in [5, 5.41) is 1.65. The van der Waals surface area contributed by atoms with Gasteiger partial charge in [0.15, 0.2) is 0 Å². The molecule has 0 saturated carbocycles. The van der Waals surface area contributed by atoms with Crippen molar-refractivity contribution < 1.29 is 18.0 Å². The van der Waals surface area contributed by atoms with Gasteiger partial charge in [-0.25, -0.2) is 9.97 Å². The van der Waals surface area contributed by atoms with Crippen LogP contribution in [0.2, 0.25) is 0 Å². The van der Waals surface area contributed by atoms with Gasteiger partial charge in [0.1, 0.15) is 11.5 Å². The van der Waals surface area contributed by atoms with Crippen molar-refractivity contribution in [2.45, 2.75) is 26.2 Å². The number of hydrogen-bond acceptors (Lipinski definition) is 5. The Labute approximate surface area is 203 Å². The van der Waals surface area contributed by atoms with Gasteiger partial charge in [0, 0.05) is 41.5 Å². The van der Waals surface area contributed by atoms with Crippen molar-refractivity contribution in [2.75, 3.05) is 5.73 Å². The number of aromatic amines is 1. The number of halogens is 3. The van der Waals surface area contributed by atoms with Crippen LogP contribution in [-0.2, 0) is 19.3 Å². The van der Waals surface area contributed by atoms with Gasteiger partial charge in [-0.2, -0.15) is 13.2 Å². The fourth-order valence-corrected chi connectivity index (χ4v) is 3.99.